The van der Waals surface area contributed by atoms with Gasteiger partial charge in [-0.1, -0.05) is 24.6 Å². The predicted octanol–water partition coefficient (Wildman–Crippen LogP) is 3.20. The Hall–Kier alpha value is -1.49. The molecule has 1 N–H and O–H groups in total. The standard InChI is InChI=1S/C25H38N2O3/c1-16(26-30-23(29)15-27(4)5)20-8-9-21-19-7-6-17-14-18(28)10-12-24(17,2)22(19)11-13-25(20,21)3/h14,19-22H,6-13,15H2,1-5H3/p+1/b26-16+/t19-,20+,21-,22-,24-,25+/m0/s1. The van der Waals surface area contributed by atoms with Gasteiger partial charge in [-0.15, -0.1) is 0 Å². The van der Waals surface area contributed by atoms with Crippen LogP contribution in [0.2, 0.25) is 0 Å². The molecule has 0 aromatic heterocycles. The van der Waals surface area contributed by atoms with Gasteiger partial charge < -0.3 is 9.74 Å². The quantitative estimate of drug-likeness (QED) is 0.436. The van der Waals surface area contributed by atoms with E-state index in [2.05, 4.69) is 25.9 Å². The number of nitrogens with one attached hydrogen (secondary N) is 1. The van der Waals surface area contributed by atoms with Crippen molar-refractivity contribution in [2.75, 3.05) is 20.6 Å². The summed E-state index contributed by atoms with van der Waals surface area (Å²) in [5.74, 6) is 2.64. The second kappa shape index (κ2) is 7.89. The molecule has 0 heterocycles. The topological polar surface area (TPSA) is 60.2 Å². The molecule has 166 valence electrons. The highest BCUT2D eigenvalue weighted by Gasteiger charge is 2.59. The summed E-state index contributed by atoms with van der Waals surface area (Å²) in [6.07, 6.45) is 10.9. The highest BCUT2D eigenvalue weighted by atomic mass is 16.7. The summed E-state index contributed by atoms with van der Waals surface area (Å²) in [7, 11) is 3.87. The van der Waals surface area contributed by atoms with Crippen molar-refractivity contribution in [3.63, 3.8) is 0 Å². The van der Waals surface area contributed by atoms with Gasteiger partial charge in [0.2, 0.25) is 0 Å². The molecule has 0 saturated heterocycles. The molecule has 3 fully saturated rings. The highest BCUT2D eigenvalue weighted by Crippen LogP contribution is 2.66. The number of quaternary nitrogens is 1. The summed E-state index contributed by atoms with van der Waals surface area (Å²) in [5.41, 5.74) is 2.90. The van der Waals surface area contributed by atoms with Crippen molar-refractivity contribution in [1.29, 1.82) is 0 Å². The second-order valence-corrected chi connectivity index (χ2v) is 11.2. The van der Waals surface area contributed by atoms with E-state index in [1.807, 2.05) is 20.2 Å². The summed E-state index contributed by atoms with van der Waals surface area (Å²) in [4.78, 5) is 30.2. The van der Waals surface area contributed by atoms with Gasteiger partial charge in [-0.05, 0) is 86.5 Å². The van der Waals surface area contributed by atoms with Crippen molar-refractivity contribution in [3.8, 4) is 0 Å². The fourth-order valence-corrected chi connectivity index (χ4v) is 7.75. The van der Waals surface area contributed by atoms with Gasteiger partial charge in [0, 0.05) is 12.3 Å². The maximum atomic E-state index is 12.0. The summed E-state index contributed by atoms with van der Waals surface area (Å²) < 4.78 is 0. The molecule has 0 bridgehead atoms. The van der Waals surface area contributed by atoms with E-state index in [-0.39, 0.29) is 16.8 Å². The number of carbonyl (C=O) groups excluding carboxylic acids is 2. The van der Waals surface area contributed by atoms with Gasteiger partial charge in [0.1, 0.15) is 0 Å². The summed E-state index contributed by atoms with van der Waals surface area (Å²) in [6, 6.07) is 0. The van der Waals surface area contributed by atoms with Crippen LogP contribution in [-0.2, 0) is 14.4 Å². The zero-order chi connectivity index (χ0) is 21.7. The van der Waals surface area contributed by atoms with Gasteiger partial charge >= 0.3 is 5.97 Å². The van der Waals surface area contributed by atoms with Crippen molar-refractivity contribution in [1.82, 2.24) is 0 Å². The second-order valence-electron chi connectivity index (χ2n) is 11.2. The van der Waals surface area contributed by atoms with E-state index in [1.54, 1.807) is 0 Å². The molecule has 5 nitrogen and oxygen atoms in total. The number of fused-ring (bicyclic) bond motifs is 5. The molecule has 4 aliphatic rings. The third-order valence-corrected chi connectivity index (χ3v) is 9.26. The number of allylic oxidation sites excluding steroid dienone is 1. The normalized spacial score (nSPS) is 41.1. The molecule has 30 heavy (non-hydrogen) atoms. The third-order valence-electron chi connectivity index (χ3n) is 9.26. The molecular weight excluding hydrogens is 376 g/mol. The van der Waals surface area contributed by atoms with Crippen LogP contribution in [0.1, 0.15) is 72.1 Å². The van der Waals surface area contributed by atoms with Gasteiger partial charge in [0.25, 0.3) is 0 Å². The molecule has 5 heteroatoms. The Morgan fingerprint density at radius 1 is 1.13 bits per heavy atom. The summed E-state index contributed by atoms with van der Waals surface area (Å²) in [5, 5.41) is 4.29. The number of likely N-dealkylation sites (N-methyl/N-ethyl adjacent to an activating group) is 1. The van der Waals surface area contributed by atoms with Crippen LogP contribution in [0, 0.1) is 34.5 Å². The van der Waals surface area contributed by atoms with E-state index < -0.39 is 0 Å². The smallest absolute Gasteiger partial charge is 0.330 e. The fraction of sp³-hybridized carbons (Fsp3) is 0.800. The lowest BCUT2D eigenvalue weighted by Crippen LogP contribution is -3.06. The van der Waals surface area contributed by atoms with Crippen molar-refractivity contribution >= 4 is 17.5 Å². The molecule has 0 unspecified atom stereocenters. The van der Waals surface area contributed by atoms with E-state index in [4.69, 9.17) is 4.84 Å². The Kier molecular flexibility index (Phi) is 5.71. The Morgan fingerprint density at radius 2 is 1.90 bits per heavy atom. The minimum atomic E-state index is -0.260. The average molecular weight is 416 g/mol. The first kappa shape index (κ1) is 21.7. The molecule has 0 spiro atoms. The lowest BCUT2D eigenvalue weighted by Gasteiger charge is -2.58. The molecule has 0 aromatic rings. The van der Waals surface area contributed by atoms with Crippen LogP contribution in [0.15, 0.2) is 16.8 Å². The largest absolute Gasteiger partial charge is 0.388 e. The van der Waals surface area contributed by atoms with Gasteiger partial charge in [-0.2, -0.15) is 0 Å². The van der Waals surface area contributed by atoms with Crippen LogP contribution in [0.5, 0.6) is 0 Å². The van der Waals surface area contributed by atoms with Crippen molar-refractivity contribution in [2.24, 2.45) is 39.7 Å². The molecule has 6 atom stereocenters. The zero-order valence-corrected chi connectivity index (χ0v) is 19.4. The Labute approximate surface area is 181 Å². The first-order chi connectivity index (χ1) is 14.1. The number of ketones is 1. The van der Waals surface area contributed by atoms with Gasteiger partial charge in [-0.3, -0.25) is 4.79 Å². The molecule has 0 amide bonds. The van der Waals surface area contributed by atoms with Crippen LogP contribution < -0.4 is 4.90 Å². The zero-order valence-electron chi connectivity index (χ0n) is 19.4. The summed E-state index contributed by atoms with van der Waals surface area (Å²) in [6.45, 7) is 7.29. The third kappa shape index (κ3) is 3.57. The van der Waals surface area contributed by atoms with E-state index in [0.29, 0.717) is 30.1 Å². The van der Waals surface area contributed by atoms with Crippen LogP contribution in [0.3, 0.4) is 0 Å². The van der Waals surface area contributed by atoms with Gasteiger partial charge in [-0.25, -0.2) is 4.79 Å². The average Bonchev–Trinajstić information content (AvgIpc) is 3.03. The number of hydrogen-bond donors (Lipinski definition) is 1. The number of rotatable bonds is 4. The maximum Gasteiger partial charge on any atom is 0.388 e. The van der Waals surface area contributed by atoms with E-state index in [1.165, 1.54) is 31.3 Å². The van der Waals surface area contributed by atoms with E-state index >= 15 is 0 Å². The fourth-order valence-electron chi connectivity index (χ4n) is 7.75. The first-order valence-electron chi connectivity index (χ1n) is 11.9. The van der Waals surface area contributed by atoms with Crippen molar-refractivity contribution < 1.29 is 19.3 Å². The van der Waals surface area contributed by atoms with Crippen molar-refractivity contribution in [2.45, 2.75) is 72.1 Å². The number of nitrogens with zero attached hydrogens (tertiary/aromatic N) is 1. The van der Waals surface area contributed by atoms with Crippen LogP contribution in [0.25, 0.3) is 0 Å². The minimum absolute atomic E-state index is 0.226. The van der Waals surface area contributed by atoms with Crippen molar-refractivity contribution in [3.05, 3.63) is 11.6 Å². The van der Waals surface area contributed by atoms with Gasteiger partial charge in [0.15, 0.2) is 12.3 Å². The first-order valence-corrected chi connectivity index (χ1v) is 11.9. The molecule has 3 saturated carbocycles. The predicted molar refractivity (Wildman–Crippen MR) is 117 cm³/mol. The lowest BCUT2D eigenvalue weighted by atomic mass is 9.46. The van der Waals surface area contributed by atoms with Gasteiger partial charge in [0.05, 0.1) is 19.8 Å². The molecular formula is C25H39N2O3+. The lowest BCUT2D eigenvalue weighted by molar-refractivity contribution is -0.850. The van der Waals surface area contributed by atoms with E-state index in [9.17, 15) is 9.59 Å². The highest BCUT2D eigenvalue weighted by molar-refractivity contribution is 5.91. The number of carbonyl (C=O) groups is 2. The maximum absolute atomic E-state index is 12.0. The van der Waals surface area contributed by atoms with Crippen LogP contribution >= 0.6 is 0 Å². The molecule has 4 aliphatic carbocycles. The van der Waals surface area contributed by atoms with Crippen LogP contribution in [0.4, 0.5) is 0 Å². The minimum Gasteiger partial charge on any atom is -0.330 e. The number of hydrogen-bond acceptors (Lipinski definition) is 4. The molecule has 0 aliphatic heterocycles. The Morgan fingerprint density at radius 3 is 2.63 bits per heavy atom. The molecule has 0 aromatic carbocycles. The Bertz CT molecular complexity index is 785. The number of oxime groups is 1. The van der Waals surface area contributed by atoms with E-state index in [0.717, 1.165) is 42.2 Å². The molecule has 4 rings (SSSR count). The monoisotopic (exact) mass is 415 g/mol. The molecule has 0 radical (unpaired) electrons. The SMILES string of the molecule is C/C(=N\OC(=O)C[NH+](C)C)[C@H]1CC[C@H]2[C@@H]3CCC4=CC(=O)CC[C@]4(C)[C@H]3CC[C@]12C. The Balaban J connectivity index is 1.51. The van der Waals surface area contributed by atoms with Crippen LogP contribution in [-0.4, -0.2) is 38.1 Å². The summed E-state index contributed by atoms with van der Waals surface area (Å²) >= 11 is 0.